The van der Waals surface area contributed by atoms with Gasteiger partial charge in [-0.3, -0.25) is 4.98 Å². The molecule has 2 aromatic heterocycles. The maximum absolute atomic E-state index is 4.77. The normalized spacial score (nSPS) is 10.0. The van der Waals surface area contributed by atoms with Gasteiger partial charge in [-0.1, -0.05) is 6.07 Å². The molecule has 6 heteroatoms. The van der Waals surface area contributed by atoms with Crippen LogP contribution in [0, 0.1) is 0 Å². The van der Waals surface area contributed by atoms with Crippen LogP contribution in [0.5, 0.6) is 0 Å². The summed E-state index contributed by atoms with van der Waals surface area (Å²) >= 11 is 4.66. The molecule has 96 valence electrons. The number of hydrogen-bond acceptors (Lipinski definition) is 6. The highest BCUT2D eigenvalue weighted by atomic mass is 32.1. The molecule has 0 saturated carbocycles. The molecule has 3 rings (SSSR count). The van der Waals surface area contributed by atoms with Crippen molar-refractivity contribution in [1.29, 1.82) is 0 Å². The van der Waals surface area contributed by atoms with E-state index < -0.39 is 0 Å². The Morgan fingerprint density at radius 1 is 1.10 bits per heavy atom. The molecule has 0 saturated heterocycles. The minimum Gasteiger partial charge on any atom is -0.345 e. The summed E-state index contributed by atoms with van der Waals surface area (Å²) in [6.07, 6.45) is 3.21. The van der Waals surface area contributed by atoms with Crippen molar-refractivity contribution >= 4 is 23.1 Å². The van der Waals surface area contributed by atoms with Crippen LogP contribution in [-0.4, -0.2) is 20.5 Å². The Balaban J connectivity index is 2.17. The molecule has 2 heterocycles. The van der Waals surface area contributed by atoms with Crippen molar-refractivity contribution < 1.29 is 4.52 Å². The van der Waals surface area contributed by atoms with Gasteiger partial charge >= 0.3 is 0 Å². The predicted molar refractivity (Wildman–Crippen MR) is 77.7 cm³/mol. The van der Waals surface area contributed by atoms with Gasteiger partial charge in [0.1, 0.15) is 5.69 Å². The van der Waals surface area contributed by atoms with E-state index in [2.05, 4.69) is 37.7 Å². The quantitative estimate of drug-likeness (QED) is 0.542. The molecule has 20 heavy (non-hydrogen) atoms. The van der Waals surface area contributed by atoms with Crippen LogP contribution in [0.3, 0.4) is 0 Å². The first-order valence-electron chi connectivity index (χ1n) is 5.78. The molecule has 0 aliphatic carbocycles. The summed E-state index contributed by atoms with van der Waals surface area (Å²) in [6.45, 7) is 0. The molecule has 0 fully saturated rings. The monoisotopic (exact) mass is 280 g/mol. The lowest BCUT2D eigenvalue weighted by Crippen LogP contribution is -1.85. The van der Waals surface area contributed by atoms with Crippen molar-refractivity contribution in [1.82, 2.24) is 15.4 Å². The standard InChI is InChI=1S/C14H8N4OS/c20-9-16-12-6-10(13-3-1-2-4-15-13)5-11(7-12)14-8-19-18-17-14/h1-8H. The van der Waals surface area contributed by atoms with Gasteiger partial charge in [-0.2, -0.15) is 4.99 Å². The molecule has 1 aromatic carbocycles. The third-order valence-electron chi connectivity index (χ3n) is 2.71. The van der Waals surface area contributed by atoms with Crippen LogP contribution in [0.2, 0.25) is 0 Å². The number of aromatic nitrogens is 3. The first-order valence-corrected chi connectivity index (χ1v) is 6.19. The first kappa shape index (κ1) is 12.3. The van der Waals surface area contributed by atoms with Crippen LogP contribution >= 0.6 is 12.2 Å². The maximum Gasteiger partial charge on any atom is 0.152 e. The van der Waals surface area contributed by atoms with Crippen molar-refractivity contribution in [3.63, 3.8) is 0 Å². The lowest BCUT2D eigenvalue weighted by Gasteiger charge is -2.04. The van der Waals surface area contributed by atoms with Crippen LogP contribution in [0.25, 0.3) is 22.5 Å². The van der Waals surface area contributed by atoms with E-state index >= 15 is 0 Å². The van der Waals surface area contributed by atoms with Crippen LogP contribution in [-0.2, 0) is 0 Å². The first-order chi connectivity index (χ1) is 9.86. The molecule has 0 atom stereocenters. The molecule has 0 aliphatic heterocycles. The highest BCUT2D eigenvalue weighted by Crippen LogP contribution is 2.29. The number of nitrogens with zero attached hydrogens (tertiary/aromatic N) is 4. The largest absolute Gasteiger partial charge is 0.345 e. The number of benzene rings is 1. The molecule has 0 unspecified atom stereocenters. The van der Waals surface area contributed by atoms with E-state index in [9.17, 15) is 0 Å². The zero-order valence-electron chi connectivity index (χ0n) is 10.2. The molecule has 3 aromatic rings. The summed E-state index contributed by atoms with van der Waals surface area (Å²) in [4.78, 5) is 8.35. The number of aliphatic imine (C=N–C) groups is 1. The third kappa shape index (κ3) is 2.51. The average Bonchev–Trinajstić information content (AvgIpc) is 3.02. The van der Waals surface area contributed by atoms with Crippen LogP contribution in [0.4, 0.5) is 5.69 Å². The van der Waals surface area contributed by atoms with Gasteiger partial charge in [0.15, 0.2) is 6.26 Å². The molecule has 0 aliphatic rings. The van der Waals surface area contributed by atoms with E-state index in [1.807, 2.05) is 36.4 Å². The highest BCUT2D eigenvalue weighted by molar-refractivity contribution is 7.78. The Hall–Kier alpha value is -2.69. The molecule has 0 radical (unpaired) electrons. The van der Waals surface area contributed by atoms with Crippen LogP contribution in [0.1, 0.15) is 0 Å². The van der Waals surface area contributed by atoms with E-state index in [1.54, 1.807) is 6.20 Å². The molecule has 0 bridgehead atoms. The number of rotatable bonds is 3. The Morgan fingerprint density at radius 2 is 1.95 bits per heavy atom. The van der Waals surface area contributed by atoms with Gasteiger partial charge in [-0.05, 0) is 42.5 Å². The second-order valence-corrected chi connectivity index (χ2v) is 4.16. The molecule has 0 amide bonds. The van der Waals surface area contributed by atoms with Gasteiger partial charge in [0, 0.05) is 22.6 Å². The van der Waals surface area contributed by atoms with Gasteiger partial charge < -0.3 is 4.52 Å². The van der Waals surface area contributed by atoms with Crippen LogP contribution in [0.15, 0.2) is 58.4 Å². The summed E-state index contributed by atoms with van der Waals surface area (Å²) in [5, 5.41) is 9.73. The number of pyridine rings is 1. The number of hydrogen-bond donors (Lipinski definition) is 0. The fraction of sp³-hybridized carbons (Fsp3) is 0. The van der Waals surface area contributed by atoms with Crippen molar-refractivity contribution in [2.75, 3.05) is 0 Å². The van der Waals surface area contributed by atoms with Crippen molar-refractivity contribution in [3.8, 4) is 22.5 Å². The van der Waals surface area contributed by atoms with E-state index in [1.165, 1.54) is 6.26 Å². The van der Waals surface area contributed by atoms with E-state index in [0.29, 0.717) is 11.4 Å². The van der Waals surface area contributed by atoms with Gasteiger partial charge in [0.25, 0.3) is 0 Å². The maximum atomic E-state index is 4.77. The zero-order valence-corrected chi connectivity index (χ0v) is 11.0. The Morgan fingerprint density at radius 3 is 2.60 bits per heavy atom. The highest BCUT2D eigenvalue weighted by Gasteiger charge is 2.08. The van der Waals surface area contributed by atoms with E-state index in [-0.39, 0.29) is 0 Å². The van der Waals surface area contributed by atoms with Crippen LogP contribution < -0.4 is 0 Å². The fourth-order valence-electron chi connectivity index (χ4n) is 1.85. The lowest BCUT2D eigenvalue weighted by atomic mass is 10.0. The van der Waals surface area contributed by atoms with E-state index in [4.69, 9.17) is 4.52 Å². The average molecular weight is 280 g/mol. The summed E-state index contributed by atoms with van der Waals surface area (Å²) in [5.74, 6) is 0. The fourth-order valence-corrected chi connectivity index (χ4v) is 1.95. The second-order valence-electron chi connectivity index (χ2n) is 3.98. The number of isothiocyanates is 1. The SMILES string of the molecule is S=C=Nc1cc(-c2ccccn2)cc(-c2conn2)c1. The minimum absolute atomic E-state index is 0.628. The van der Waals surface area contributed by atoms with Gasteiger partial charge in [-0.15, -0.1) is 5.10 Å². The van der Waals surface area contributed by atoms with Crippen molar-refractivity contribution in [2.45, 2.75) is 0 Å². The lowest BCUT2D eigenvalue weighted by molar-refractivity contribution is 0.393. The minimum atomic E-state index is 0.628. The Kier molecular flexibility index (Phi) is 3.41. The Labute approximate surface area is 120 Å². The summed E-state index contributed by atoms with van der Waals surface area (Å²) in [6, 6.07) is 11.4. The molecule has 0 spiro atoms. The predicted octanol–water partition coefficient (Wildman–Crippen LogP) is 3.53. The van der Waals surface area contributed by atoms with Crippen molar-refractivity contribution in [3.05, 3.63) is 48.9 Å². The van der Waals surface area contributed by atoms with Crippen molar-refractivity contribution in [2.24, 2.45) is 4.99 Å². The second kappa shape index (κ2) is 5.52. The summed E-state index contributed by atoms with van der Waals surface area (Å²) in [5.41, 5.74) is 3.89. The Bertz CT molecular complexity index is 765. The van der Waals surface area contributed by atoms with Gasteiger partial charge in [-0.25, -0.2) is 0 Å². The van der Waals surface area contributed by atoms with E-state index in [0.717, 1.165) is 16.8 Å². The smallest absolute Gasteiger partial charge is 0.152 e. The molecular weight excluding hydrogens is 272 g/mol. The molecule has 5 nitrogen and oxygen atoms in total. The summed E-state index contributed by atoms with van der Waals surface area (Å²) < 4.78 is 4.77. The topological polar surface area (TPSA) is 64.2 Å². The van der Waals surface area contributed by atoms with Gasteiger partial charge in [0.2, 0.25) is 0 Å². The third-order valence-corrected chi connectivity index (χ3v) is 2.80. The summed E-state index contributed by atoms with van der Waals surface area (Å²) in [7, 11) is 0. The molecular formula is C14H8N4OS. The zero-order chi connectivity index (χ0) is 13.8. The number of thiocarbonyl (C=S) groups is 1. The molecule has 0 N–H and O–H groups in total. The van der Waals surface area contributed by atoms with Gasteiger partial charge in [0.05, 0.1) is 16.5 Å².